The van der Waals surface area contributed by atoms with E-state index in [1.54, 1.807) is 14.2 Å². The van der Waals surface area contributed by atoms with Gasteiger partial charge in [-0.15, -0.1) is 0 Å². The van der Waals surface area contributed by atoms with Crippen LogP contribution in [0.3, 0.4) is 0 Å². The molecule has 4 nitrogen and oxygen atoms in total. The number of hydrogen-bond donors (Lipinski definition) is 1. The van der Waals surface area contributed by atoms with Crippen molar-refractivity contribution in [1.82, 2.24) is 0 Å². The van der Waals surface area contributed by atoms with E-state index in [2.05, 4.69) is 0 Å². The zero-order valence-corrected chi connectivity index (χ0v) is 12.9. The molecule has 0 amide bonds. The standard InChI is InChI=1S/C17H24O4/c1-20-14-9-7-8-13(15(14)21-2)12-17(16(18)19)10-5-3-4-6-11-17/h7-9H,3-6,10-12H2,1-2H3,(H,18,19). The predicted octanol–water partition coefficient (Wildman–Crippen LogP) is 3.67. The highest BCUT2D eigenvalue weighted by Crippen LogP contribution is 2.42. The summed E-state index contributed by atoms with van der Waals surface area (Å²) in [6.07, 6.45) is 6.21. The molecular weight excluding hydrogens is 268 g/mol. The first-order chi connectivity index (χ1) is 10.1. The molecule has 0 aliphatic heterocycles. The van der Waals surface area contributed by atoms with Gasteiger partial charge in [0, 0.05) is 0 Å². The van der Waals surface area contributed by atoms with Crippen LogP contribution in [-0.2, 0) is 11.2 Å². The number of hydrogen-bond acceptors (Lipinski definition) is 3. The number of ether oxygens (including phenoxy) is 2. The van der Waals surface area contributed by atoms with Crippen molar-refractivity contribution in [1.29, 1.82) is 0 Å². The van der Waals surface area contributed by atoms with E-state index in [4.69, 9.17) is 9.47 Å². The molecule has 1 N–H and O–H groups in total. The highest BCUT2D eigenvalue weighted by molar-refractivity contribution is 5.75. The van der Waals surface area contributed by atoms with Crippen LogP contribution in [0.1, 0.15) is 44.1 Å². The van der Waals surface area contributed by atoms with Crippen molar-refractivity contribution < 1.29 is 19.4 Å². The van der Waals surface area contributed by atoms with E-state index < -0.39 is 11.4 Å². The summed E-state index contributed by atoms with van der Waals surface area (Å²) < 4.78 is 10.8. The first kappa shape index (κ1) is 15.7. The van der Waals surface area contributed by atoms with Gasteiger partial charge in [0.25, 0.3) is 0 Å². The van der Waals surface area contributed by atoms with Gasteiger partial charge in [-0.3, -0.25) is 4.79 Å². The quantitative estimate of drug-likeness (QED) is 0.841. The van der Waals surface area contributed by atoms with Crippen LogP contribution in [0.5, 0.6) is 11.5 Å². The summed E-state index contributed by atoms with van der Waals surface area (Å²) in [5.74, 6) is 0.628. The van der Waals surface area contributed by atoms with Gasteiger partial charge in [-0.25, -0.2) is 0 Å². The summed E-state index contributed by atoms with van der Waals surface area (Å²) in [6, 6.07) is 5.67. The van der Waals surface area contributed by atoms with Crippen LogP contribution in [0, 0.1) is 5.41 Å². The Hall–Kier alpha value is -1.71. The van der Waals surface area contributed by atoms with E-state index in [1.807, 2.05) is 18.2 Å². The van der Waals surface area contributed by atoms with Gasteiger partial charge in [0.1, 0.15) is 0 Å². The molecule has 0 radical (unpaired) electrons. The molecule has 0 atom stereocenters. The highest BCUT2D eigenvalue weighted by atomic mass is 16.5. The average Bonchev–Trinajstić information content (AvgIpc) is 2.73. The molecule has 21 heavy (non-hydrogen) atoms. The summed E-state index contributed by atoms with van der Waals surface area (Å²) >= 11 is 0. The molecule has 1 aliphatic rings. The van der Waals surface area contributed by atoms with Crippen molar-refractivity contribution in [3.8, 4) is 11.5 Å². The fraction of sp³-hybridized carbons (Fsp3) is 0.588. The van der Waals surface area contributed by atoms with Crippen LogP contribution in [0.4, 0.5) is 0 Å². The molecule has 0 heterocycles. The van der Waals surface area contributed by atoms with Gasteiger partial charge in [-0.2, -0.15) is 0 Å². The summed E-state index contributed by atoms with van der Waals surface area (Å²) in [5.41, 5.74) is 0.247. The zero-order valence-electron chi connectivity index (χ0n) is 12.9. The summed E-state index contributed by atoms with van der Waals surface area (Å²) in [6.45, 7) is 0. The molecule has 4 heteroatoms. The van der Waals surface area contributed by atoms with Gasteiger partial charge in [0.05, 0.1) is 19.6 Å². The number of aliphatic carboxylic acids is 1. The van der Waals surface area contributed by atoms with Crippen molar-refractivity contribution >= 4 is 5.97 Å². The summed E-state index contributed by atoms with van der Waals surface area (Å²) in [7, 11) is 3.20. The van der Waals surface area contributed by atoms with Gasteiger partial charge in [-0.05, 0) is 30.9 Å². The molecule has 0 unspecified atom stereocenters. The molecule has 2 rings (SSSR count). The zero-order chi connectivity index (χ0) is 15.3. The predicted molar refractivity (Wildman–Crippen MR) is 81.0 cm³/mol. The number of carboxylic acid groups (broad SMARTS) is 1. The SMILES string of the molecule is COc1cccc(CC2(C(=O)O)CCCCCC2)c1OC. The minimum Gasteiger partial charge on any atom is -0.493 e. The van der Waals surface area contributed by atoms with Gasteiger partial charge < -0.3 is 14.6 Å². The second kappa shape index (κ2) is 6.83. The Balaban J connectivity index is 2.35. The van der Waals surface area contributed by atoms with Crippen molar-refractivity contribution in [2.24, 2.45) is 5.41 Å². The first-order valence-electron chi connectivity index (χ1n) is 7.56. The molecular formula is C17H24O4. The Morgan fingerprint density at radius 3 is 2.33 bits per heavy atom. The Morgan fingerprint density at radius 2 is 1.81 bits per heavy atom. The minimum absolute atomic E-state index is 0.503. The average molecular weight is 292 g/mol. The maximum absolute atomic E-state index is 11.9. The Kier molecular flexibility index (Phi) is 5.10. The number of para-hydroxylation sites is 1. The lowest BCUT2D eigenvalue weighted by molar-refractivity contribution is -0.149. The fourth-order valence-corrected chi connectivity index (χ4v) is 3.33. The molecule has 1 aromatic rings. The van der Waals surface area contributed by atoms with Gasteiger partial charge in [0.15, 0.2) is 11.5 Å². The molecule has 0 saturated heterocycles. The molecule has 0 bridgehead atoms. The number of carbonyl (C=O) groups is 1. The second-order valence-corrected chi connectivity index (χ2v) is 5.83. The third-order valence-electron chi connectivity index (χ3n) is 4.53. The lowest BCUT2D eigenvalue weighted by atomic mass is 9.75. The molecule has 116 valence electrons. The van der Waals surface area contributed by atoms with E-state index in [1.165, 1.54) is 0 Å². The van der Waals surface area contributed by atoms with Crippen LogP contribution in [0.15, 0.2) is 18.2 Å². The summed E-state index contributed by atoms with van der Waals surface area (Å²) in [5, 5.41) is 9.79. The Morgan fingerprint density at radius 1 is 1.14 bits per heavy atom. The minimum atomic E-state index is -0.686. The number of rotatable bonds is 5. The lowest BCUT2D eigenvalue weighted by Gasteiger charge is -2.29. The topological polar surface area (TPSA) is 55.8 Å². The molecule has 1 aromatic carbocycles. The second-order valence-electron chi connectivity index (χ2n) is 5.83. The van der Waals surface area contributed by atoms with Crippen LogP contribution in [0.25, 0.3) is 0 Å². The van der Waals surface area contributed by atoms with E-state index in [0.717, 1.165) is 44.1 Å². The highest BCUT2D eigenvalue weighted by Gasteiger charge is 2.39. The summed E-state index contributed by atoms with van der Waals surface area (Å²) in [4.78, 5) is 11.9. The smallest absolute Gasteiger partial charge is 0.309 e. The monoisotopic (exact) mass is 292 g/mol. The van der Waals surface area contributed by atoms with Gasteiger partial charge in [-0.1, -0.05) is 37.8 Å². The van der Waals surface area contributed by atoms with E-state index in [0.29, 0.717) is 17.9 Å². The maximum Gasteiger partial charge on any atom is 0.309 e. The molecule has 1 aliphatic carbocycles. The lowest BCUT2D eigenvalue weighted by Crippen LogP contribution is -2.33. The van der Waals surface area contributed by atoms with Crippen molar-refractivity contribution in [3.63, 3.8) is 0 Å². The van der Waals surface area contributed by atoms with Crippen LogP contribution >= 0.6 is 0 Å². The first-order valence-corrected chi connectivity index (χ1v) is 7.56. The van der Waals surface area contributed by atoms with Gasteiger partial charge in [0.2, 0.25) is 0 Å². The third kappa shape index (κ3) is 3.31. The third-order valence-corrected chi connectivity index (χ3v) is 4.53. The number of benzene rings is 1. The number of carboxylic acids is 1. The van der Waals surface area contributed by atoms with Crippen LogP contribution < -0.4 is 9.47 Å². The van der Waals surface area contributed by atoms with Crippen molar-refractivity contribution in [2.75, 3.05) is 14.2 Å². The van der Waals surface area contributed by atoms with Gasteiger partial charge >= 0.3 is 5.97 Å². The fourth-order valence-electron chi connectivity index (χ4n) is 3.33. The number of methoxy groups -OCH3 is 2. The van der Waals surface area contributed by atoms with Crippen molar-refractivity contribution in [2.45, 2.75) is 44.9 Å². The van der Waals surface area contributed by atoms with Crippen LogP contribution in [-0.4, -0.2) is 25.3 Å². The molecule has 1 fully saturated rings. The van der Waals surface area contributed by atoms with E-state index in [9.17, 15) is 9.90 Å². The van der Waals surface area contributed by atoms with Crippen molar-refractivity contribution in [3.05, 3.63) is 23.8 Å². The van der Waals surface area contributed by atoms with E-state index >= 15 is 0 Å². The molecule has 0 aromatic heterocycles. The Labute approximate surface area is 126 Å². The Bertz CT molecular complexity index is 488. The maximum atomic E-state index is 11.9. The largest absolute Gasteiger partial charge is 0.493 e. The van der Waals surface area contributed by atoms with Crippen LogP contribution in [0.2, 0.25) is 0 Å². The van der Waals surface area contributed by atoms with E-state index in [-0.39, 0.29) is 0 Å². The molecule has 1 saturated carbocycles. The molecule has 0 spiro atoms. The normalized spacial score (nSPS) is 17.8.